The molecule has 1 unspecified atom stereocenters. The second kappa shape index (κ2) is 8.94. The van der Waals surface area contributed by atoms with Crippen LogP contribution in [-0.4, -0.2) is 24.0 Å². The van der Waals surface area contributed by atoms with Crippen LogP contribution in [0.5, 0.6) is 0 Å². The van der Waals surface area contributed by atoms with Gasteiger partial charge in [0.1, 0.15) is 12.2 Å². The first-order valence-corrected chi connectivity index (χ1v) is 11.3. The van der Waals surface area contributed by atoms with E-state index in [1.54, 1.807) is 23.2 Å². The SMILES string of the molecule is CC(=O)N(c1nc(C[NH+]2CC=C(c3ccccc3)CC2)cs1)c1cccc(C)c1C. The molecular formula is C25H28N3OS+. The largest absolute Gasteiger partial charge is 0.326 e. The number of nitrogens with zero attached hydrogens (tertiary/aromatic N) is 2. The smallest absolute Gasteiger partial charge is 0.230 e. The van der Waals surface area contributed by atoms with E-state index in [0.29, 0.717) is 0 Å². The molecule has 0 radical (unpaired) electrons. The quantitative estimate of drug-likeness (QED) is 0.670. The van der Waals surface area contributed by atoms with Crippen LogP contribution in [0.3, 0.4) is 0 Å². The summed E-state index contributed by atoms with van der Waals surface area (Å²) in [5.74, 6) is -0.00893. The number of anilines is 2. The van der Waals surface area contributed by atoms with Crippen LogP contribution in [0.2, 0.25) is 0 Å². The molecule has 154 valence electrons. The maximum Gasteiger partial charge on any atom is 0.230 e. The zero-order chi connectivity index (χ0) is 21.1. The first-order chi connectivity index (χ1) is 14.5. The Labute approximate surface area is 182 Å². The number of aromatic nitrogens is 1. The number of benzene rings is 2. The molecule has 5 heteroatoms. The van der Waals surface area contributed by atoms with Gasteiger partial charge in [0.15, 0.2) is 5.13 Å². The monoisotopic (exact) mass is 418 g/mol. The molecule has 0 spiro atoms. The van der Waals surface area contributed by atoms with Gasteiger partial charge in [0.2, 0.25) is 5.91 Å². The van der Waals surface area contributed by atoms with Gasteiger partial charge in [0.25, 0.3) is 0 Å². The van der Waals surface area contributed by atoms with E-state index in [1.807, 2.05) is 12.1 Å². The fraction of sp³-hybridized carbons (Fsp3) is 0.280. The number of thiazole rings is 1. The molecule has 1 aromatic heterocycles. The lowest BCUT2D eigenvalue weighted by Gasteiger charge is -2.23. The van der Waals surface area contributed by atoms with E-state index in [1.165, 1.54) is 21.6 Å². The lowest BCUT2D eigenvalue weighted by atomic mass is 9.99. The highest BCUT2D eigenvalue weighted by molar-refractivity contribution is 7.14. The number of nitrogens with one attached hydrogen (secondary N) is 1. The van der Waals surface area contributed by atoms with Gasteiger partial charge in [0, 0.05) is 18.7 Å². The normalized spacial score (nSPS) is 16.2. The van der Waals surface area contributed by atoms with Gasteiger partial charge in [-0.3, -0.25) is 9.69 Å². The number of carbonyl (C=O) groups excluding carboxylic acids is 1. The Balaban J connectivity index is 1.48. The van der Waals surface area contributed by atoms with Crippen molar-refractivity contribution in [2.75, 3.05) is 18.0 Å². The predicted octanol–water partition coefficient (Wildman–Crippen LogP) is 4.32. The summed E-state index contributed by atoms with van der Waals surface area (Å²) in [6, 6.07) is 16.7. The molecule has 0 saturated carbocycles. The molecule has 0 aliphatic carbocycles. The Hall–Kier alpha value is -2.76. The molecule has 1 N–H and O–H groups in total. The molecule has 0 fully saturated rings. The van der Waals surface area contributed by atoms with Gasteiger partial charge in [0.05, 0.1) is 18.8 Å². The second-order valence-electron chi connectivity index (χ2n) is 7.92. The zero-order valence-electron chi connectivity index (χ0n) is 17.8. The number of rotatable bonds is 5. The van der Waals surface area contributed by atoms with Crippen LogP contribution in [0.25, 0.3) is 5.57 Å². The Morgan fingerprint density at radius 2 is 1.93 bits per heavy atom. The van der Waals surface area contributed by atoms with Gasteiger partial charge >= 0.3 is 0 Å². The van der Waals surface area contributed by atoms with Crippen molar-refractivity contribution in [2.24, 2.45) is 0 Å². The minimum Gasteiger partial charge on any atom is -0.326 e. The average molecular weight is 419 g/mol. The predicted molar refractivity (Wildman–Crippen MR) is 124 cm³/mol. The molecule has 30 heavy (non-hydrogen) atoms. The number of quaternary nitrogens is 1. The number of hydrogen-bond donors (Lipinski definition) is 1. The summed E-state index contributed by atoms with van der Waals surface area (Å²) in [5.41, 5.74) is 7.04. The van der Waals surface area contributed by atoms with Crippen LogP contribution < -0.4 is 9.80 Å². The molecule has 0 saturated heterocycles. The summed E-state index contributed by atoms with van der Waals surface area (Å²) >= 11 is 1.55. The van der Waals surface area contributed by atoms with E-state index in [9.17, 15) is 4.79 Å². The lowest BCUT2D eigenvalue weighted by molar-refractivity contribution is -0.909. The molecule has 4 rings (SSSR count). The third kappa shape index (κ3) is 4.37. The summed E-state index contributed by atoms with van der Waals surface area (Å²) in [7, 11) is 0. The highest BCUT2D eigenvalue weighted by Gasteiger charge is 2.22. The minimum absolute atomic E-state index is 0.00893. The van der Waals surface area contributed by atoms with Crippen LogP contribution in [-0.2, 0) is 11.3 Å². The Bertz CT molecular complexity index is 1070. The van der Waals surface area contributed by atoms with E-state index in [0.717, 1.165) is 48.1 Å². The van der Waals surface area contributed by atoms with E-state index in [4.69, 9.17) is 4.98 Å². The lowest BCUT2D eigenvalue weighted by Crippen LogP contribution is -3.11. The summed E-state index contributed by atoms with van der Waals surface area (Å²) in [5, 5.41) is 2.85. The van der Waals surface area contributed by atoms with Gasteiger partial charge in [-0.15, -0.1) is 11.3 Å². The van der Waals surface area contributed by atoms with Crippen LogP contribution in [0, 0.1) is 13.8 Å². The van der Waals surface area contributed by atoms with E-state index in [2.05, 4.69) is 61.7 Å². The standard InChI is InChI=1S/C25H27N3OS/c1-18-8-7-11-24(19(18)2)28(20(3)29)25-26-23(17-30-25)16-27-14-12-22(13-15-27)21-9-5-4-6-10-21/h4-12,17H,13-16H2,1-3H3/p+1. The first kappa shape index (κ1) is 20.5. The fourth-order valence-corrected chi connectivity index (χ4v) is 4.86. The summed E-state index contributed by atoms with van der Waals surface area (Å²) in [4.78, 5) is 20.5. The van der Waals surface area contributed by atoms with Crippen molar-refractivity contribution in [3.63, 3.8) is 0 Å². The van der Waals surface area contributed by atoms with Crippen molar-refractivity contribution in [1.29, 1.82) is 0 Å². The minimum atomic E-state index is -0.00893. The van der Waals surface area contributed by atoms with Crippen molar-refractivity contribution in [2.45, 2.75) is 33.7 Å². The molecule has 1 aliphatic heterocycles. The van der Waals surface area contributed by atoms with E-state index >= 15 is 0 Å². The van der Waals surface area contributed by atoms with Crippen molar-refractivity contribution in [3.05, 3.63) is 82.4 Å². The van der Waals surface area contributed by atoms with Gasteiger partial charge < -0.3 is 4.90 Å². The Morgan fingerprint density at radius 1 is 1.13 bits per heavy atom. The maximum atomic E-state index is 12.5. The second-order valence-corrected chi connectivity index (χ2v) is 8.76. The Kier molecular flexibility index (Phi) is 6.11. The molecule has 1 amide bonds. The van der Waals surface area contributed by atoms with Crippen molar-refractivity contribution >= 4 is 33.6 Å². The maximum absolute atomic E-state index is 12.5. The first-order valence-electron chi connectivity index (χ1n) is 10.4. The summed E-state index contributed by atoms with van der Waals surface area (Å²) < 4.78 is 0. The van der Waals surface area contributed by atoms with Crippen LogP contribution >= 0.6 is 11.3 Å². The number of hydrogen-bond acceptors (Lipinski definition) is 3. The third-order valence-corrected chi connectivity index (χ3v) is 6.70. The molecule has 1 aliphatic rings. The fourth-order valence-electron chi connectivity index (χ4n) is 3.98. The Morgan fingerprint density at radius 3 is 2.63 bits per heavy atom. The average Bonchev–Trinajstić information content (AvgIpc) is 3.20. The van der Waals surface area contributed by atoms with Crippen molar-refractivity contribution < 1.29 is 9.69 Å². The van der Waals surface area contributed by atoms with Gasteiger partial charge in [-0.25, -0.2) is 4.98 Å². The highest BCUT2D eigenvalue weighted by Crippen LogP contribution is 2.32. The van der Waals surface area contributed by atoms with Gasteiger partial charge in [-0.1, -0.05) is 42.5 Å². The molecule has 2 aromatic carbocycles. The summed E-state index contributed by atoms with van der Waals surface area (Å²) in [6.07, 6.45) is 3.44. The molecular weight excluding hydrogens is 390 g/mol. The van der Waals surface area contributed by atoms with E-state index in [-0.39, 0.29) is 5.91 Å². The molecule has 4 nitrogen and oxygen atoms in total. The van der Waals surface area contributed by atoms with Crippen molar-refractivity contribution in [1.82, 2.24) is 4.98 Å². The van der Waals surface area contributed by atoms with Gasteiger partial charge in [-0.05, 0) is 48.3 Å². The number of carbonyl (C=O) groups is 1. The third-order valence-electron chi connectivity index (χ3n) is 5.82. The molecule has 3 aromatic rings. The van der Waals surface area contributed by atoms with Gasteiger partial charge in [-0.2, -0.15) is 0 Å². The zero-order valence-corrected chi connectivity index (χ0v) is 18.6. The van der Waals surface area contributed by atoms with Crippen LogP contribution in [0.15, 0.2) is 60.0 Å². The van der Waals surface area contributed by atoms with E-state index < -0.39 is 0 Å². The van der Waals surface area contributed by atoms with Crippen LogP contribution in [0.1, 0.15) is 35.7 Å². The highest BCUT2D eigenvalue weighted by atomic mass is 32.1. The number of amides is 1. The number of aryl methyl sites for hydroxylation is 1. The van der Waals surface area contributed by atoms with Crippen LogP contribution in [0.4, 0.5) is 10.8 Å². The molecule has 2 heterocycles. The summed E-state index contributed by atoms with van der Waals surface area (Å²) in [6.45, 7) is 8.72. The topological polar surface area (TPSA) is 37.6 Å². The van der Waals surface area contributed by atoms with Crippen molar-refractivity contribution in [3.8, 4) is 0 Å². The molecule has 1 atom stereocenters. The molecule has 0 bridgehead atoms.